The summed E-state index contributed by atoms with van der Waals surface area (Å²) < 4.78 is 6.52. The molecule has 0 aliphatic heterocycles. The molecule has 73 heavy (non-hydrogen) atoms. The first-order valence-corrected chi connectivity index (χ1v) is 25.5. The Hall–Kier alpha value is -9.04. The van der Waals surface area contributed by atoms with Gasteiger partial charge in [-0.1, -0.05) is 269 Å². The minimum Gasteiger partial charge on any atom is -0.455 e. The molecule has 1 heterocycles. The summed E-state index contributed by atoms with van der Waals surface area (Å²) in [6.45, 7) is 4.72. The zero-order valence-corrected chi connectivity index (χ0v) is 40.8. The second-order valence-corrected chi connectivity index (χ2v) is 20.3. The Bertz CT molecular complexity index is 4120. The van der Waals surface area contributed by atoms with Crippen molar-refractivity contribution in [2.24, 2.45) is 0 Å². The Labute approximate surface area is 427 Å². The summed E-state index contributed by atoms with van der Waals surface area (Å²) in [4.78, 5) is 0. The van der Waals surface area contributed by atoms with Gasteiger partial charge in [0, 0.05) is 21.8 Å². The highest BCUT2D eigenvalue weighted by Gasteiger charge is 2.47. The minimum atomic E-state index is -0.555. The fourth-order valence-electron chi connectivity index (χ4n) is 12.5. The van der Waals surface area contributed by atoms with Crippen LogP contribution in [0.25, 0.3) is 89.2 Å². The van der Waals surface area contributed by atoms with Gasteiger partial charge in [0.25, 0.3) is 0 Å². The summed E-state index contributed by atoms with van der Waals surface area (Å²) in [5.74, 6) is 0. The SMILES string of the molecule is CC1(C)c2ccccc2-c2ccc(/C=C(/c3ccc(-c4ccccc4)cc3)c3ccc(-c4cccc5c4-c4ccccc4C5(c4ccccc4)c4ccc(-c5cccc6c5oc5ccccc56)cc4)cc3)cc21. The van der Waals surface area contributed by atoms with Gasteiger partial charge in [0.2, 0.25) is 0 Å². The number of fused-ring (bicyclic) bond motifs is 9. The highest BCUT2D eigenvalue weighted by molar-refractivity contribution is 6.09. The highest BCUT2D eigenvalue weighted by atomic mass is 16.3. The topological polar surface area (TPSA) is 13.1 Å². The Balaban J connectivity index is 0.888. The van der Waals surface area contributed by atoms with Crippen LogP contribution in [0.2, 0.25) is 0 Å². The Morgan fingerprint density at radius 2 is 0.877 bits per heavy atom. The molecule has 0 N–H and O–H groups in total. The molecule has 0 fully saturated rings. The van der Waals surface area contributed by atoms with Crippen molar-refractivity contribution in [1.29, 1.82) is 0 Å². The Kier molecular flexibility index (Phi) is 9.85. The summed E-state index contributed by atoms with van der Waals surface area (Å²) in [7, 11) is 0. The number of rotatable bonds is 8. The van der Waals surface area contributed by atoms with Crippen LogP contribution in [0.3, 0.4) is 0 Å². The van der Waals surface area contributed by atoms with Gasteiger partial charge < -0.3 is 4.42 Å². The van der Waals surface area contributed by atoms with E-state index in [0.29, 0.717) is 0 Å². The molecule has 0 spiro atoms. The number of furan rings is 1. The van der Waals surface area contributed by atoms with E-state index < -0.39 is 5.41 Å². The van der Waals surface area contributed by atoms with Crippen LogP contribution in [0.15, 0.2) is 265 Å². The quantitative estimate of drug-likeness (QED) is 0.138. The van der Waals surface area contributed by atoms with E-state index in [9.17, 15) is 0 Å². The molecule has 11 aromatic carbocycles. The molecule has 12 aromatic rings. The van der Waals surface area contributed by atoms with Crippen molar-refractivity contribution < 1.29 is 4.42 Å². The van der Waals surface area contributed by atoms with E-state index in [-0.39, 0.29) is 5.41 Å². The fourth-order valence-corrected chi connectivity index (χ4v) is 12.5. The van der Waals surface area contributed by atoms with Gasteiger partial charge in [0.1, 0.15) is 11.2 Å². The van der Waals surface area contributed by atoms with Crippen LogP contribution in [-0.2, 0) is 10.8 Å². The van der Waals surface area contributed by atoms with E-state index >= 15 is 0 Å². The highest BCUT2D eigenvalue weighted by Crippen LogP contribution is 2.58. The van der Waals surface area contributed by atoms with Gasteiger partial charge >= 0.3 is 0 Å². The monoisotopic (exact) mass is 930 g/mol. The molecule has 2 aliphatic rings. The molecule has 1 nitrogen and oxygen atoms in total. The van der Waals surface area contributed by atoms with Crippen LogP contribution in [0.5, 0.6) is 0 Å². The molecule has 2 aliphatic carbocycles. The number of para-hydroxylation sites is 2. The van der Waals surface area contributed by atoms with E-state index in [2.05, 4.69) is 275 Å². The zero-order chi connectivity index (χ0) is 48.7. The van der Waals surface area contributed by atoms with Gasteiger partial charge in [-0.3, -0.25) is 0 Å². The molecule has 0 bridgehead atoms. The predicted molar refractivity (Wildman–Crippen MR) is 305 cm³/mol. The van der Waals surface area contributed by atoms with Crippen LogP contribution >= 0.6 is 0 Å². The normalized spacial score (nSPS) is 15.2. The first-order chi connectivity index (χ1) is 35.9. The summed E-state index contributed by atoms with van der Waals surface area (Å²) in [6, 6.07) is 96.1. The lowest BCUT2D eigenvalue weighted by Crippen LogP contribution is -2.28. The van der Waals surface area contributed by atoms with E-state index in [1.54, 1.807) is 0 Å². The molecule has 0 amide bonds. The smallest absolute Gasteiger partial charge is 0.143 e. The molecule has 1 aromatic heterocycles. The van der Waals surface area contributed by atoms with Crippen molar-refractivity contribution in [2.45, 2.75) is 24.7 Å². The third-order valence-electron chi connectivity index (χ3n) is 16.0. The molecule has 0 saturated carbocycles. The number of hydrogen-bond donors (Lipinski definition) is 0. The lowest BCUT2D eigenvalue weighted by atomic mass is 9.67. The third-order valence-corrected chi connectivity index (χ3v) is 16.0. The molecule has 1 unspecified atom stereocenters. The molecule has 344 valence electrons. The van der Waals surface area contributed by atoms with Crippen molar-refractivity contribution in [2.75, 3.05) is 0 Å². The average molecular weight is 931 g/mol. The largest absolute Gasteiger partial charge is 0.455 e. The summed E-state index contributed by atoms with van der Waals surface area (Å²) in [5, 5.41) is 2.27. The second-order valence-electron chi connectivity index (χ2n) is 20.3. The van der Waals surface area contributed by atoms with Gasteiger partial charge in [-0.15, -0.1) is 0 Å². The first-order valence-electron chi connectivity index (χ1n) is 25.5. The third kappa shape index (κ3) is 6.69. The molecular weight excluding hydrogens is 881 g/mol. The van der Waals surface area contributed by atoms with Crippen molar-refractivity contribution in [3.05, 3.63) is 311 Å². The Morgan fingerprint density at radius 3 is 1.64 bits per heavy atom. The van der Waals surface area contributed by atoms with Crippen LogP contribution < -0.4 is 0 Å². The average Bonchev–Trinajstić information content (AvgIpc) is 4.07. The van der Waals surface area contributed by atoms with Crippen molar-refractivity contribution in [3.8, 4) is 55.6 Å². The standard InChI is InChI=1S/C72H50O/c1-71(2)64-27-12-9-21-58(64)59-44-31-47(46-67(59)71)45-63(52-34-32-49(33-35-52)48-17-5-3-6-18-48)53-38-36-50(37-39-53)56-24-16-29-66-69(56)62-23-10-13-28-65(62)72(66,54-19-7-4-8-20-54)55-42-40-51(41-43-55)57-25-15-26-61-60-22-11-14-30-68(60)73-70(57)61/h3-46H,1-2H3/b63-45-. The lowest BCUT2D eigenvalue weighted by Gasteiger charge is -2.34. The second kappa shape index (κ2) is 16.8. The predicted octanol–water partition coefficient (Wildman–Crippen LogP) is 18.8. The number of hydrogen-bond acceptors (Lipinski definition) is 1. The van der Waals surface area contributed by atoms with E-state index in [1.807, 2.05) is 6.07 Å². The van der Waals surface area contributed by atoms with Crippen molar-refractivity contribution in [3.63, 3.8) is 0 Å². The molecule has 14 rings (SSSR count). The van der Waals surface area contributed by atoms with Crippen LogP contribution in [0, 0.1) is 0 Å². The first kappa shape index (κ1) is 42.8. The van der Waals surface area contributed by atoms with Crippen LogP contribution in [0.4, 0.5) is 0 Å². The zero-order valence-electron chi connectivity index (χ0n) is 40.8. The summed E-state index contributed by atoms with van der Waals surface area (Å²) in [6.07, 6.45) is 2.39. The van der Waals surface area contributed by atoms with E-state index in [4.69, 9.17) is 4.42 Å². The maximum absolute atomic E-state index is 6.52. The van der Waals surface area contributed by atoms with E-state index in [0.717, 1.165) is 33.1 Å². The Morgan fingerprint density at radius 1 is 0.356 bits per heavy atom. The van der Waals surface area contributed by atoms with Crippen molar-refractivity contribution in [1.82, 2.24) is 0 Å². The van der Waals surface area contributed by atoms with Gasteiger partial charge in [0.15, 0.2) is 0 Å². The van der Waals surface area contributed by atoms with Gasteiger partial charge in [0.05, 0.1) is 5.41 Å². The molecule has 0 saturated heterocycles. The van der Waals surface area contributed by atoms with Crippen LogP contribution in [-0.4, -0.2) is 0 Å². The van der Waals surface area contributed by atoms with Gasteiger partial charge in [-0.25, -0.2) is 0 Å². The molecule has 1 atom stereocenters. The summed E-state index contributed by atoms with van der Waals surface area (Å²) >= 11 is 0. The molecule has 1 heteroatoms. The van der Waals surface area contributed by atoms with Crippen molar-refractivity contribution >= 4 is 33.6 Å². The van der Waals surface area contributed by atoms with Gasteiger partial charge in [-0.05, 0) is 118 Å². The van der Waals surface area contributed by atoms with Gasteiger partial charge in [-0.2, -0.15) is 0 Å². The van der Waals surface area contributed by atoms with E-state index in [1.165, 1.54) is 100 Å². The van der Waals surface area contributed by atoms with Crippen LogP contribution in [0.1, 0.15) is 63.9 Å². The lowest BCUT2D eigenvalue weighted by molar-refractivity contribution is 0.660. The maximum Gasteiger partial charge on any atom is 0.143 e. The maximum atomic E-state index is 6.52. The fraction of sp³-hybridized carbons (Fsp3) is 0.0556. The molecule has 0 radical (unpaired) electrons. The minimum absolute atomic E-state index is 0.0869. The summed E-state index contributed by atoms with van der Waals surface area (Å²) in [5.41, 5.74) is 26.0. The molecular formula is C72H50O. The number of benzene rings is 11.